The monoisotopic (exact) mass is 252 g/mol. The van der Waals surface area contributed by atoms with Crippen molar-refractivity contribution in [3.05, 3.63) is 27.9 Å². The summed E-state index contributed by atoms with van der Waals surface area (Å²) in [5, 5.41) is 13.9. The quantitative estimate of drug-likeness (QED) is 0.594. The van der Waals surface area contributed by atoms with Crippen molar-refractivity contribution in [2.75, 3.05) is 31.5 Å². The van der Waals surface area contributed by atoms with Crippen molar-refractivity contribution in [1.82, 2.24) is 9.88 Å². The molecule has 1 heterocycles. The van der Waals surface area contributed by atoms with Gasteiger partial charge in [0.2, 0.25) is 5.82 Å². The van der Waals surface area contributed by atoms with Gasteiger partial charge >= 0.3 is 5.69 Å². The average molecular weight is 252 g/mol. The fourth-order valence-electron chi connectivity index (χ4n) is 1.70. The van der Waals surface area contributed by atoms with E-state index < -0.39 is 4.92 Å². The second-order valence-corrected chi connectivity index (χ2v) is 4.09. The summed E-state index contributed by atoms with van der Waals surface area (Å²) in [6, 6.07) is 1.53. The van der Waals surface area contributed by atoms with Gasteiger partial charge in [-0.3, -0.25) is 10.1 Å². The number of aromatic nitrogens is 1. The fraction of sp³-hybridized carbons (Fsp3) is 0.583. The molecule has 1 rings (SSSR count). The van der Waals surface area contributed by atoms with Crippen LogP contribution in [0.3, 0.4) is 0 Å². The van der Waals surface area contributed by atoms with Crippen LogP contribution in [0.5, 0.6) is 0 Å². The molecule has 0 unspecified atom stereocenters. The number of hydrogen-bond donors (Lipinski definition) is 1. The molecule has 0 saturated carbocycles. The smallest absolute Gasteiger partial charge is 0.311 e. The molecule has 0 radical (unpaired) electrons. The van der Waals surface area contributed by atoms with E-state index in [1.807, 2.05) is 0 Å². The van der Waals surface area contributed by atoms with Crippen molar-refractivity contribution in [3.8, 4) is 0 Å². The summed E-state index contributed by atoms with van der Waals surface area (Å²) in [5.41, 5.74) is 0.825. The molecular formula is C12H20N4O2. The Kier molecular flexibility index (Phi) is 5.51. The van der Waals surface area contributed by atoms with E-state index in [0.29, 0.717) is 12.4 Å². The molecular weight excluding hydrogens is 232 g/mol. The number of pyridine rings is 1. The number of anilines is 1. The third-order valence-electron chi connectivity index (χ3n) is 2.82. The van der Waals surface area contributed by atoms with Crippen molar-refractivity contribution in [2.45, 2.75) is 20.8 Å². The van der Waals surface area contributed by atoms with E-state index in [0.717, 1.165) is 25.2 Å². The van der Waals surface area contributed by atoms with Gasteiger partial charge in [0.1, 0.15) is 0 Å². The van der Waals surface area contributed by atoms with Crippen molar-refractivity contribution >= 4 is 11.5 Å². The van der Waals surface area contributed by atoms with Crippen molar-refractivity contribution in [2.24, 2.45) is 0 Å². The van der Waals surface area contributed by atoms with Crippen LogP contribution in [0.25, 0.3) is 0 Å². The molecule has 0 amide bonds. The highest BCUT2D eigenvalue weighted by Crippen LogP contribution is 2.21. The molecule has 0 bridgehead atoms. The topological polar surface area (TPSA) is 71.3 Å². The Morgan fingerprint density at radius 3 is 2.67 bits per heavy atom. The van der Waals surface area contributed by atoms with E-state index in [1.165, 1.54) is 6.07 Å². The molecule has 1 aromatic rings. The predicted octanol–water partition coefficient (Wildman–Crippen LogP) is 2.05. The molecule has 0 fully saturated rings. The van der Waals surface area contributed by atoms with Gasteiger partial charge in [-0.2, -0.15) is 0 Å². The largest absolute Gasteiger partial charge is 0.363 e. The summed E-state index contributed by atoms with van der Waals surface area (Å²) >= 11 is 0. The molecule has 100 valence electrons. The SMILES string of the molecule is CCN(CC)CCNc1ncc(C)cc1[N+](=O)[O-]. The minimum Gasteiger partial charge on any atom is -0.363 e. The normalized spacial score (nSPS) is 10.7. The molecule has 6 heteroatoms. The van der Waals surface area contributed by atoms with E-state index in [2.05, 4.69) is 29.0 Å². The molecule has 0 aliphatic carbocycles. The van der Waals surface area contributed by atoms with Gasteiger partial charge in [0.15, 0.2) is 0 Å². The Morgan fingerprint density at radius 1 is 1.44 bits per heavy atom. The van der Waals surface area contributed by atoms with Crippen LogP contribution in [0.2, 0.25) is 0 Å². The zero-order chi connectivity index (χ0) is 13.5. The molecule has 0 saturated heterocycles. The van der Waals surface area contributed by atoms with Gasteiger partial charge in [-0.1, -0.05) is 13.8 Å². The average Bonchev–Trinajstić information content (AvgIpc) is 2.36. The Morgan fingerprint density at radius 2 is 2.11 bits per heavy atom. The van der Waals surface area contributed by atoms with Crippen LogP contribution >= 0.6 is 0 Å². The van der Waals surface area contributed by atoms with Crippen molar-refractivity contribution in [1.29, 1.82) is 0 Å². The first-order valence-electron chi connectivity index (χ1n) is 6.15. The van der Waals surface area contributed by atoms with Crippen LogP contribution in [-0.4, -0.2) is 41.0 Å². The minimum absolute atomic E-state index is 0.0366. The third-order valence-corrected chi connectivity index (χ3v) is 2.82. The fourth-order valence-corrected chi connectivity index (χ4v) is 1.70. The number of nitrogens with zero attached hydrogens (tertiary/aromatic N) is 3. The van der Waals surface area contributed by atoms with Gasteiger partial charge in [0, 0.05) is 25.4 Å². The van der Waals surface area contributed by atoms with Crippen molar-refractivity contribution < 1.29 is 4.92 Å². The maximum Gasteiger partial charge on any atom is 0.311 e. The highest BCUT2D eigenvalue weighted by molar-refractivity contribution is 5.56. The Labute approximate surface area is 107 Å². The number of nitrogens with one attached hydrogen (secondary N) is 1. The predicted molar refractivity (Wildman–Crippen MR) is 71.9 cm³/mol. The Hall–Kier alpha value is -1.69. The van der Waals surface area contributed by atoms with E-state index >= 15 is 0 Å². The highest BCUT2D eigenvalue weighted by atomic mass is 16.6. The van der Waals surface area contributed by atoms with E-state index in [9.17, 15) is 10.1 Å². The standard InChI is InChI=1S/C12H20N4O2/c1-4-15(5-2)7-6-13-12-11(16(17)18)8-10(3)9-14-12/h8-9H,4-7H2,1-3H3,(H,13,14). The highest BCUT2D eigenvalue weighted by Gasteiger charge is 2.14. The summed E-state index contributed by atoms with van der Waals surface area (Å²) in [5.74, 6) is 0.345. The van der Waals surface area contributed by atoms with Crippen molar-refractivity contribution in [3.63, 3.8) is 0 Å². The van der Waals surface area contributed by atoms with Crippen LogP contribution in [0.1, 0.15) is 19.4 Å². The number of hydrogen-bond acceptors (Lipinski definition) is 5. The zero-order valence-electron chi connectivity index (χ0n) is 11.1. The van der Waals surface area contributed by atoms with E-state index in [-0.39, 0.29) is 5.69 Å². The summed E-state index contributed by atoms with van der Waals surface area (Å²) in [6.45, 7) is 9.42. The molecule has 1 N–H and O–H groups in total. The Balaban J connectivity index is 2.64. The van der Waals surface area contributed by atoms with Gasteiger partial charge in [0.25, 0.3) is 0 Å². The van der Waals surface area contributed by atoms with Crippen LogP contribution in [0.15, 0.2) is 12.3 Å². The molecule has 0 aliphatic heterocycles. The lowest BCUT2D eigenvalue weighted by molar-refractivity contribution is -0.384. The number of rotatable bonds is 7. The van der Waals surface area contributed by atoms with Crippen LogP contribution in [-0.2, 0) is 0 Å². The second-order valence-electron chi connectivity index (χ2n) is 4.09. The van der Waals surface area contributed by atoms with Gasteiger partial charge in [-0.15, -0.1) is 0 Å². The third kappa shape index (κ3) is 3.96. The number of aryl methyl sites for hydroxylation is 1. The van der Waals surface area contributed by atoms with Crippen LogP contribution in [0.4, 0.5) is 11.5 Å². The molecule has 18 heavy (non-hydrogen) atoms. The Bertz CT molecular complexity index is 405. The molecule has 0 aromatic carbocycles. The first-order valence-corrected chi connectivity index (χ1v) is 6.15. The minimum atomic E-state index is -0.403. The van der Waals surface area contributed by atoms with Gasteiger partial charge < -0.3 is 10.2 Å². The molecule has 0 aliphatic rings. The summed E-state index contributed by atoms with van der Waals surface area (Å²) in [4.78, 5) is 16.8. The van der Waals surface area contributed by atoms with E-state index in [1.54, 1.807) is 13.1 Å². The van der Waals surface area contributed by atoms with Gasteiger partial charge in [-0.05, 0) is 25.6 Å². The lowest BCUT2D eigenvalue weighted by atomic mass is 10.3. The van der Waals surface area contributed by atoms with Gasteiger partial charge in [-0.25, -0.2) is 4.98 Å². The maximum absolute atomic E-state index is 10.9. The zero-order valence-corrected chi connectivity index (χ0v) is 11.1. The summed E-state index contributed by atoms with van der Waals surface area (Å²) in [7, 11) is 0. The lowest BCUT2D eigenvalue weighted by Gasteiger charge is -2.18. The second kappa shape index (κ2) is 6.90. The van der Waals surface area contributed by atoms with E-state index in [4.69, 9.17) is 0 Å². The van der Waals surface area contributed by atoms with Crippen LogP contribution < -0.4 is 5.32 Å². The summed E-state index contributed by atoms with van der Waals surface area (Å²) < 4.78 is 0. The first-order chi connectivity index (χ1) is 8.58. The maximum atomic E-state index is 10.9. The van der Waals surface area contributed by atoms with Crippen LogP contribution in [0, 0.1) is 17.0 Å². The number of nitro groups is 1. The molecule has 0 atom stereocenters. The van der Waals surface area contributed by atoms with Gasteiger partial charge in [0.05, 0.1) is 4.92 Å². The lowest BCUT2D eigenvalue weighted by Crippen LogP contribution is -2.28. The molecule has 0 spiro atoms. The molecule has 1 aromatic heterocycles. The number of likely N-dealkylation sites (N-methyl/N-ethyl adjacent to an activating group) is 1. The molecule has 6 nitrogen and oxygen atoms in total. The first kappa shape index (κ1) is 14.4. The summed E-state index contributed by atoms with van der Waals surface area (Å²) in [6.07, 6.45) is 1.63.